The van der Waals surface area contributed by atoms with Gasteiger partial charge in [-0.1, -0.05) is 18.3 Å². The highest BCUT2D eigenvalue weighted by Gasteiger charge is 2.16. The molecule has 0 atom stereocenters. The number of nitro groups is 1. The molecule has 0 saturated carbocycles. The van der Waals surface area contributed by atoms with Gasteiger partial charge in [-0.15, -0.1) is 10.2 Å². The number of hydrogen-bond donors (Lipinski definition) is 1. The molecular formula is C13H16N4O3S. The third-order valence-corrected chi connectivity index (χ3v) is 3.75. The fraction of sp³-hybridized carbons (Fsp3) is 0.385. The molecule has 0 spiro atoms. The van der Waals surface area contributed by atoms with Gasteiger partial charge in [0, 0.05) is 12.6 Å². The van der Waals surface area contributed by atoms with Crippen LogP contribution in [-0.2, 0) is 6.54 Å². The van der Waals surface area contributed by atoms with Crippen LogP contribution in [0.1, 0.15) is 18.4 Å². The van der Waals surface area contributed by atoms with Gasteiger partial charge in [-0.3, -0.25) is 10.1 Å². The third-order valence-electron chi connectivity index (χ3n) is 2.80. The van der Waals surface area contributed by atoms with E-state index < -0.39 is 4.92 Å². The topological polar surface area (TPSA) is 90.2 Å². The Bertz CT molecular complexity index is 630. The summed E-state index contributed by atoms with van der Waals surface area (Å²) in [6, 6.07) is 4.47. The second-order valence-electron chi connectivity index (χ2n) is 4.32. The zero-order chi connectivity index (χ0) is 15.2. The van der Waals surface area contributed by atoms with Gasteiger partial charge in [0.25, 0.3) is 5.69 Å². The molecule has 112 valence electrons. The van der Waals surface area contributed by atoms with Crippen LogP contribution in [0.2, 0.25) is 0 Å². The minimum Gasteiger partial charge on any atom is -0.496 e. The van der Waals surface area contributed by atoms with Crippen LogP contribution in [0, 0.1) is 10.1 Å². The third kappa shape index (κ3) is 3.73. The summed E-state index contributed by atoms with van der Waals surface area (Å²) < 4.78 is 5.22. The van der Waals surface area contributed by atoms with Crippen LogP contribution in [-0.4, -0.2) is 28.8 Å². The fourth-order valence-corrected chi connectivity index (χ4v) is 2.62. The predicted molar refractivity (Wildman–Crippen MR) is 80.5 cm³/mol. The van der Waals surface area contributed by atoms with Gasteiger partial charge >= 0.3 is 0 Å². The quantitative estimate of drug-likeness (QED) is 0.480. The number of aromatic nitrogens is 2. The first kappa shape index (κ1) is 15.3. The summed E-state index contributed by atoms with van der Waals surface area (Å²) in [6.07, 6.45) is 1.06. The first-order chi connectivity index (χ1) is 10.2. The molecule has 0 saturated heterocycles. The number of nitro benzene ring substituents is 1. The Morgan fingerprint density at radius 1 is 1.43 bits per heavy atom. The van der Waals surface area contributed by atoms with Gasteiger partial charge in [0.2, 0.25) is 0 Å². The number of hydrogen-bond acceptors (Lipinski definition) is 7. The van der Waals surface area contributed by atoms with Crippen LogP contribution < -0.4 is 10.1 Å². The highest BCUT2D eigenvalue weighted by Crippen LogP contribution is 2.34. The highest BCUT2D eigenvalue weighted by atomic mass is 32.1. The lowest BCUT2D eigenvalue weighted by Crippen LogP contribution is -2.13. The molecule has 7 nitrogen and oxygen atoms in total. The van der Waals surface area contributed by atoms with Gasteiger partial charge in [0.05, 0.1) is 23.7 Å². The van der Waals surface area contributed by atoms with Crippen LogP contribution in [0.4, 0.5) is 5.69 Å². The van der Waals surface area contributed by atoms with Crippen molar-refractivity contribution < 1.29 is 9.66 Å². The fourth-order valence-electron chi connectivity index (χ4n) is 1.78. The monoisotopic (exact) mass is 308 g/mol. The number of ether oxygens (including phenoxy) is 1. The summed E-state index contributed by atoms with van der Waals surface area (Å²) in [6.45, 7) is 3.69. The average molecular weight is 308 g/mol. The highest BCUT2D eigenvalue weighted by molar-refractivity contribution is 7.14. The first-order valence-corrected chi connectivity index (χ1v) is 7.33. The molecule has 0 aliphatic carbocycles. The van der Waals surface area contributed by atoms with E-state index in [1.54, 1.807) is 6.07 Å². The molecule has 1 aromatic heterocycles. The van der Waals surface area contributed by atoms with Crippen molar-refractivity contribution in [2.24, 2.45) is 0 Å². The summed E-state index contributed by atoms with van der Waals surface area (Å²) in [4.78, 5) is 10.3. The zero-order valence-electron chi connectivity index (χ0n) is 11.8. The standard InChI is InChI=1S/C13H16N4O3S/c1-3-6-14-8-12-15-16-13(21-12)10-5-4-9(17(18)19)7-11(10)20-2/h4-5,7,14H,3,6,8H2,1-2H3. The van der Waals surface area contributed by atoms with Gasteiger partial charge in [-0.25, -0.2) is 0 Å². The van der Waals surface area contributed by atoms with Crippen molar-refractivity contribution in [3.63, 3.8) is 0 Å². The Morgan fingerprint density at radius 2 is 2.24 bits per heavy atom. The molecule has 1 heterocycles. The second-order valence-corrected chi connectivity index (χ2v) is 5.38. The zero-order valence-corrected chi connectivity index (χ0v) is 12.6. The predicted octanol–water partition coefficient (Wildman–Crippen LogP) is 2.62. The lowest BCUT2D eigenvalue weighted by atomic mass is 10.2. The van der Waals surface area contributed by atoms with Crippen LogP contribution >= 0.6 is 11.3 Å². The van der Waals surface area contributed by atoms with E-state index in [-0.39, 0.29) is 5.69 Å². The maximum atomic E-state index is 10.8. The van der Waals surface area contributed by atoms with Crippen LogP contribution in [0.25, 0.3) is 10.6 Å². The Morgan fingerprint density at radius 3 is 2.90 bits per heavy atom. The van der Waals surface area contributed by atoms with Crippen LogP contribution in [0.3, 0.4) is 0 Å². The van der Waals surface area contributed by atoms with E-state index in [9.17, 15) is 10.1 Å². The normalized spacial score (nSPS) is 10.6. The molecular weight excluding hydrogens is 292 g/mol. The van der Waals surface area contributed by atoms with Crippen molar-refractivity contribution in [2.45, 2.75) is 19.9 Å². The molecule has 0 unspecified atom stereocenters. The summed E-state index contributed by atoms with van der Waals surface area (Å²) in [5.41, 5.74) is 0.701. The summed E-state index contributed by atoms with van der Waals surface area (Å²) >= 11 is 1.45. The maximum Gasteiger partial charge on any atom is 0.273 e. The second kappa shape index (κ2) is 7.09. The Labute approximate surface area is 126 Å². The van der Waals surface area contributed by atoms with Gasteiger partial charge in [-0.2, -0.15) is 0 Å². The van der Waals surface area contributed by atoms with E-state index in [2.05, 4.69) is 22.4 Å². The molecule has 2 aromatic rings. The Hall–Kier alpha value is -2.06. The van der Waals surface area contributed by atoms with Crippen LogP contribution in [0.15, 0.2) is 18.2 Å². The average Bonchev–Trinajstić information content (AvgIpc) is 2.95. The SMILES string of the molecule is CCCNCc1nnc(-c2ccc([N+](=O)[O-])cc2OC)s1. The van der Waals surface area contributed by atoms with Gasteiger partial charge < -0.3 is 10.1 Å². The molecule has 1 aromatic carbocycles. The largest absolute Gasteiger partial charge is 0.496 e. The summed E-state index contributed by atoms with van der Waals surface area (Å²) in [5, 5.41) is 23.8. The van der Waals surface area contributed by atoms with Crippen molar-refractivity contribution in [1.29, 1.82) is 0 Å². The molecule has 0 amide bonds. The maximum absolute atomic E-state index is 10.8. The Kier molecular flexibility index (Phi) is 5.18. The molecule has 0 bridgehead atoms. The van der Waals surface area contributed by atoms with Gasteiger partial charge in [-0.05, 0) is 19.0 Å². The van der Waals surface area contributed by atoms with E-state index >= 15 is 0 Å². The lowest BCUT2D eigenvalue weighted by Gasteiger charge is -2.04. The van der Waals surface area contributed by atoms with E-state index in [0.717, 1.165) is 18.0 Å². The van der Waals surface area contributed by atoms with Crippen LogP contribution in [0.5, 0.6) is 5.75 Å². The number of rotatable bonds is 7. The number of non-ortho nitro benzene ring substituents is 1. The van der Waals surface area contributed by atoms with E-state index in [4.69, 9.17) is 4.74 Å². The molecule has 0 radical (unpaired) electrons. The van der Waals surface area contributed by atoms with Gasteiger partial charge in [0.1, 0.15) is 10.8 Å². The number of nitrogens with one attached hydrogen (secondary N) is 1. The summed E-state index contributed by atoms with van der Waals surface area (Å²) in [5.74, 6) is 0.424. The smallest absolute Gasteiger partial charge is 0.273 e. The van der Waals surface area contributed by atoms with E-state index in [1.165, 1.54) is 30.6 Å². The van der Waals surface area contributed by atoms with Crippen molar-refractivity contribution in [3.05, 3.63) is 33.3 Å². The molecule has 0 fully saturated rings. The minimum absolute atomic E-state index is 0.00930. The molecule has 21 heavy (non-hydrogen) atoms. The van der Waals surface area contributed by atoms with Gasteiger partial charge in [0.15, 0.2) is 5.01 Å². The van der Waals surface area contributed by atoms with E-state index in [0.29, 0.717) is 22.9 Å². The molecule has 8 heteroatoms. The molecule has 1 N–H and O–H groups in total. The number of nitrogens with zero attached hydrogens (tertiary/aromatic N) is 3. The van der Waals surface area contributed by atoms with Crippen molar-refractivity contribution >= 4 is 17.0 Å². The van der Waals surface area contributed by atoms with E-state index in [1.807, 2.05) is 0 Å². The minimum atomic E-state index is -0.452. The number of benzene rings is 1. The summed E-state index contributed by atoms with van der Waals surface area (Å²) in [7, 11) is 1.48. The lowest BCUT2D eigenvalue weighted by molar-refractivity contribution is -0.384. The van der Waals surface area contributed by atoms with Crippen molar-refractivity contribution in [1.82, 2.24) is 15.5 Å². The molecule has 0 aliphatic heterocycles. The molecule has 2 rings (SSSR count). The molecule has 0 aliphatic rings. The van der Waals surface area contributed by atoms with Crippen molar-refractivity contribution in [3.8, 4) is 16.3 Å². The van der Waals surface area contributed by atoms with Crippen molar-refractivity contribution in [2.75, 3.05) is 13.7 Å². The number of methoxy groups -OCH3 is 1. The first-order valence-electron chi connectivity index (χ1n) is 6.51. The Balaban J connectivity index is 2.23.